The molecule has 0 spiro atoms. The van der Waals surface area contributed by atoms with Crippen molar-refractivity contribution in [3.8, 4) is 0 Å². The lowest BCUT2D eigenvalue weighted by atomic mass is 10.1. The van der Waals surface area contributed by atoms with Crippen LogP contribution in [0.3, 0.4) is 0 Å². The first-order chi connectivity index (χ1) is 8.44. The molecule has 0 saturated heterocycles. The molecule has 4 nitrogen and oxygen atoms in total. The molecule has 18 heavy (non-hydrogen) atoms. The van der Waals surface area contributed by atoms with Crippen molar-refractivity contribution in [1.82, 2.24) is 4.72 Å². The van der Waals surface area contributed by atoms with E-state index in [1.807, 2.05) is 6.92 Å². The number of benzene rings is 1. The highest BCUT2D eigenvalue weighted by atomic mass is 79.9. The van der Waals surface area contributed by atoms with Gasteiger partial charge in [-0.2, -0.15) is 0 Å². The highest BCUT2D eigenvalue weighted by Gasteiger charge is 2.25. The molecule has 1 aromatic rings. The van der Waals surface area contributed by atoms with Crippen LogP contribution in [0.25, 0.3) is 0 Å². The predicted molar refractivity (Wildman–Crippen MR) is 72.7 cm³/mol. The second-order valence-electron chi connectivity index (χ2n) is 4.68. The minimum absolute atomic E-state index is 0.167. The minimum Gasteiger partial charge on any atom is -0.392 e. The molecule has 1 saturated carbocycles. The van der Waals surface area contributed by atoms with Gasteiger partial charge in [-0.05, 0) is 58.8 Å². The third-order valence-corrected chi connectivity index (χ3v) is 5.77. The first-order valence-corrected chi connectivity index (χ1v) is 8.11. The molecule has 0 aromatic heterocycles. The summed E-state index contributed by atoms with van der Waals surface area (Å²) in [6.45, 7) is 2.14. The SMILES string of the molecule is Cc1cc(CO)cc(S(=O)(=O)NCC2CC2)c1Br. The van der Waals surface area contributed by atoms with Crippen LogP contribution in [-0.2, 0) is 16.6 Å². The maximum atomic E-state index is 12.2. The van der Waals surface area contributed by atoms with Crippen LogP contribution in [0.1, 0.15) is 24.0 Å². The molecular weight excluding hydrogens is 318 g/mol. The maximum absolute atomic E-state index is 12.2. The van der Waals surface area contributed by atoms with Gasteiger partial charge in [0.2, 0.25) is 10.0 Å². The molecule has 0 heterocycles. The van der Waals surface area contributed by atoms with Crippen molar-refractivity contribution in [3.63, 3.8) is 0 Å². The summed E-state index contributed by atoms with van der Waals surface area (Å²) < 4.78 is 27.5. The zero-order valence-corrected chi connectivity index (χ0v) is 12.5. The van der Waals surface area contributed by atoms with E-state index in [1.54, 1.807) is 6.07 Å². The van der Waals surface area contributed by atoms with E-state index in [-0.39, 0.29) is 11.5 Å². The van der Waals surface area contributed by atoms with E-state index in [1.165, 1.54) is 6.07 Å². The number of aryl methyl sites for hydroxylation is 1. The van der Waals surface area contributed by atoms with Crippen LogP contribution in [0.5, 0.6) is 0 Å². The second kappa shape index (κ2) is 5.28. The Labute approximate surface area is 116 Å². The van der Waals surface area contributed by atoms with Gasteiger partial charge in [-0.15, -0.1) is 0 Å². The molecular formula is C12H16BrNO3S. The fourth-order valence-electron chi connectivity index (χ4n) is 1.72. The molecule has 0 atom stereocenters. The van der Waals surface area contributed by atoms with Crippen molar-refractivity contribution in [1.29, 1.82) is 0 Å². The summed E-state index contributed by atoms with van der Waals surface area (Å²) in [7, 11) is -3.51. The van der Waals surface area contributed by atoms with E-state index >= 15 is 0 Å². The molecule has 2 N–H and O–H groups in total. The fourth-order valence-corrected chi connectivity index (χ4v) is 3.91. The molecule has 6 heteroatoms. The topological polar surface area (TPSA) is 66.4 Å². The van der Waals surface area contributed by atoms with E-state index in [9.17, 15) is 8.42 Å². The Morgan fingerprint density at radius 2 is 2.11 bits per heavy atom. The Balaban J connectivity index is 2.32. The lowest BCUT2D eigenvalue weighted by Gasteiger charge is -2.11. The smallest absolute Gasteiger partial charge is 0.241 e. The van der Waals surface area contributed by atoms with Crippen LogP contribution in [0.15, 0.2) is 21.5 Å². The molecule has 1 aromatic carbocycles. The Morgan fingerprint density at radius 1 is 1.44 bits per heavy atom. The monoisotopic (exact) mass is 333 g/mol. The summed E-state index contributed by atoms with van der Waals surface area (Å²) in [6, 6.07) is 3.27. The standard InChI is InChI=1S/C12H16BrNO3S/c1-8-4-10(7-15)5-11(12(8)13)18(16,17)14-6-9-2-3-9/h4-5,9,14-15H,2-3,6-7H2,1H3. The molecule has 0 bridgehead atoms. The third-order valence-electron chi connectivity index (χ3n) is 3.01. The van der Waals surface area contributed by atoms with E-state index in [0.717, 1.165) is 18.4 Å². The maximum Gasteiger partial charge on any atom is 0.241 e. The van der Waals surface area contributed by atoms with Crippen molar-refractivity contribution in [3.05, 3.63) is 27.7 Å². The van der Waals surface area contributed by atoms with Gasteiger partial charge in [-0.1, -0.05) is 6.07 Å². The van der Waals surface area contributed by atoms with Crippen LogP contribution in [-0.4, -0.2) is 20.1 Å². The summed E-state index contributed by atoms with van der Waals surface area (Å²) in [4.78, 5) is 0.201. The van der Waals surface area contributed by atoms with Gasteiger partial charge in [0, 0.05) is 11.0 Å². The van der Waals surface area contributed by atoms with Crippen LogP contribution < -0.4 is 4.72 Å². The predicted octanol–water partition coefficient (Wildman–Crippen LogP) is 1.94. The lowest BCUT2D eigenvalue weighted by Crippen LogP contribution is -2.26. The van der Waals surface area contributed by atoms with Crippen LogP contribution in [0, 0.1) is 12.8 Å². The zero-order chi connectivity index (χ0) is 13.3. The molecule has 1 fully saturated rings. The zero-order valence-electron chi connectivity index (χ0n) is 10.1. The summed E-state index contributed by atoms with van der Waals surface area (Å²) in [6.07, 6.45) is 2.19. The molecule has 2 rings (SSSR count). The van der Waals surface area contributed by atoms with Gasteiger partial charge in [0.25, 0.3) is 0 Å². The molecule has 0 amide bonds. The van der Waals surface area contributed by atoms with Crippen LogP contribution in [0.2, 0.25) is 0 Å². The van der Waals surface area contributed by atoms with Gasteiger partial charge in [0.05, 0.1) is 11.5 Å². The second-order valence-corrected chi connectivity index (χ2v) is 7.21. The number of hydrogen-bond acceptors (Lipinski definition) is 3. The Bertz CT molecular complexity index is 553. The van der Waals surface area contributed by atoms with Crippen molar-refractivity contribution >= 4 is 26.0 Å². The average molecular weight is 334 g/mol. The largest absolute Gasteiger partial charge is 0.392 e. The quantitative estimate of drug-likeness (QED) is 0.865. The van der Waals surface area contributed by atoms with Gasteiger partial charge >= 0.3 is 0 Å². The fraction of sp³-hybridized carbons (Fsp3) is 0.500. The van der Waals surface area contributed by atoms with Crippen LogP contribution >= 0.6 is 15.9 Å². The normalized spacial score (nSPS) is 15.9. The van der Waals surface area contributed by atoms with E-state index < -0.39 is 10.0 Å². The number of sulfonamides is 1. The molecule has 1 aliphatic rings. The van der Waals surface area contributed by atoms with E-state index in [2.05, 4.69) is 20.7 Å². The third kappa shape index (κ3) is 3.12. The van der Waals surface area contributed by atoms with Crippen molar-refractivity contribution in [2.45, 2.75) is 31.3 Å². The lowest BCUT2D eigenvalue weighted by molar-refractivity contribution is 0.281. The summed E-state index contributed by atoms with van der Waals surface area (Å²) in [5, 5.41) is 9.14. The first-order valence-electron chi connectivity index (χ1n) is 5.83. The Kier molecular flexibility index (Phi) is 4.11. The van der Waals surface area contributed by atoms with E-state index in [0.29, 0.717) is 22.5 Å². The number of halogens is 1. The summed E-state index contributed by atoms with van der Waals surface area (Å²) in [5.41, 5.74) is 1.40. The number of hydrogen-bond donors (Lipinski definition) is 2. The Morgan fingerprint density at radius 3 is 2.67 bits per heavy atom. The molecule has 0 unspecified atom stereocenters. The van der Waals surface area contributed by atoms with Crippen molar-refractivity contribution in [2.24, 2.45) is 5.92 Å². The van der Waals surface area contributed by atoms with Gasteiger partial charge in [0.1, 0.15) is 0 Å². The summed E-state index contributed by atoms with van der Waals surface area (Å²) in [5.74, 6) is 0.487. The molecule has 0 radical (unpaired) electrons. The Hall–Kier alpha value is -0.430. The molecule has 1 aliphatic carbocycles. The van der Waals surface area contributed by atoms with Crippen LogP contribution in [0.4, 0.5) is 0 Å². The number of aliphatic hydroxyl groups excluding tert-OH is 1. The number of aliphatic hydroxyl groups is 1. The highest BCUT2D eigenvalue weighted by molar-refractivity contribution is 9.10. The van der Waals surface area contributed by atoms with Gasteiger partial charge in [-0.3, -0.25) is 0 Å². The van der Waals surface area contributed by atoms with E-state index in [4.69, 9.17) is 5.11 Å². The average Bonchev–Trinajstić information content (AvgIpc) is 3.13. The van der Waals surface area contributed by atoms with Gasteiger partial charge in [0.15, 0.2) is 0 Å². The number of rotatable bonds is 5. The minimum atomic E-state index is -3.51. The molecule has 0 aliphatic heterocycles. The van der Waals surface area contributed by atoms with Gasteiger partial charge < -0.3 is 5.11 Å². The highest BCUT2D eigenvalue weighted by Crippen LogP contribution is 2.30. The molecule has 100 valence electrons. The first kappa shape index (κ1) is 14.0. The van der Waals surface area contributed by atoms with Gasteiger partial charge in [-0.25, -0.2) is 13.1 Å². The van der Waals surface area contributed by atoms with Crippen molar-refractivity contribution in [2.75, 3.05) is 6.54 Å². The van der Waals surface area contributed by atoms with Crippen molar-refractivity contribution < 1.29 is 13.5 Å². The number of nitrogens with one attached hydrogen (secondary N) is 1. The summed E-state index contributed by atoms with van der Waals surface area (Å²) >= 11 is 3.30.